The molecule has 19 heavy (non-hydrogen) atoms. The highest BCUT2D eigenvalue weighted by Gasteiger charge is 2.20. The van der Waals surface area contributed by atoms with Crippen LogP contribution in [0.2, 0.25) is 5.02 Å². The highest BCUT2D eigenvalue weighted by Crippen LogP contribution is 2.25. The summed E-state index contributed by atoms with van der Waals surface area (Å²) in [6.45, 7) is 0.385. The summed E-state index contributed by atoms with van der Waals surface area (Å²) in [7, 11) is 0. The second-order valence-electron chi connectivity index (χ2n) is 3.90. The zero-order chi connectivity index (χ0) is 13.8. The van der Waals surface area contributed by atoms with Gasteiger partial charge in [0.2, 0.25) is 0 Å². The highest BCUT2D eigenvalue weighted by molar-refractivity contribution is 6.30. The number of hydrogen-bond donors (Lipinski definition) is 2. The van der Waals surface area contributed by atoms with Crippen LogP contribution in [0.1, 0.15) is 16.9 Å². The molecule has 2 N–H and O–H groups in total. The lowest BCUT2D eigenvalue weighted by Crippen LogP contribution is -2.06. The van der Waals surface area contributed by atoms with Gasteiger partial charge in [0.25, 0.3) is 0 Å². The Hall–Kier alpha value is -1.92. The van der Waals surface area contributed by atoms with E-state index >= 15 is 0 Å². The molecule has 0 bridgehead atoms. The molecule has 0 atom stereocenters. The quantitative estimate of drug-likeness (QED) is 0.870. The van der Waals surface area contributed by atoms with E-state index in [-0.39, 0.29) is 12.3 Å². The first-order valence-corrected chi connectivity index (χ1v) is 6.05. The highest BCUT2D eigenvalue weighted by atomic mass is 35.5. The van der Waals surface area contributed by atoms with Gasteiger partial charge in [0, 0.05) is 23.7 Å². The van der Waals surface area contributed by atoms with Gasteiger partial charge in [-0.05, 0) is 18.6 Å². The van der Waals surface area contributed by atoms with Crippen molar-refractivity contribution in [3.05, 3.63) is 35.0 Å². The molecule has 0 radical (unpaired) electrons. The fourth-order valence-corrected chi connectivity index (χ4v) is 1.95. The molecule has 0 amide bonds. The average molecular weight is 282 g/mol. The molecule has 0 aliphatic heterocycles. The molecule has 0 unspecified atom stereocenters. The Kier molecular flexibility index (Phi) is 4.13. The lowest BCUT2D eigenvalue weighted by Gasteiger charge is -2.06. The Balaban J connectivity index is 2.51. The molecule has 2 aromatic rings. The minimum Gasteiger partial charge on any atom is -0.476 e. The van der Waals surface area contributed by atoms with Crippen LogP contribution in [-0.2, 0) is 6.54 Å². The number of halogens is 1. The summed E-state index contributed by atoms with van der Waals surface area (Å²) < 4.78 is 1.46. The van der Waals surface area contributed by atoms with Crippen molar-refractivity contribution in [3.63, 3.8) is 0 Å². The van der Waals surface area contributed by atoms with E-state index in [1.54, 1.807) is 24.3 Å². The van der Waals surface area contributed by atoms with Crippen molar-refractivity contribution in [2.75, 3.05) is 6.61 Å². The third-order valence-corrected chi connectivity index (χ3v) is 2.80. The SMILES string of the molecule is O=C(O)c1nnn(CCCO)c1-c1cccc(Cl)c1. The van der Waals surface area contributed by atoms with Crippen LogP contribution in [0.5, 0.6) is 0 Å². The molecular formula is C12H12ClN3O3. The van der Waals surface area contributed by atoms with Crippen LogP contribution < -0.4 is 0 Å². The van der Waals surface area contributed by atoms with Gasteiger partial charge in [-0.3, -0.25) is 0 Å². The standard InChI is InChI=1S/C12H12ClN3O3/c13-9-4-1-3-8(7-9)11-10(12(18)19)14-15-16(11)5-2-6-17/h1,3-4,7,17H,2,5-6H2,(H,18,19). The number of benzene rings is 1. The molecular weight excluding hydrogens is 270 g/mol. The summed E-state index contributed by atoms with van der Waals surface area (Å²) in [5.74, 6) is -1.15. The molecule has 0 fully saturated rings. The number of carboxylic acid groups (broad SMARTS) is 1. The Morgan fingerprint density at radius 3 is 2.84 bits per heavy atom. The molecule has 0 saturated carbocycles. The first-order chi connectivity index (χ1) is 9.13. The maximum absolute atomic E-state index is 11.2. The maximum atomic E-state index is 11.2. The summed E-state index contributed by atoms with van der Waals surface area (Å²) >= 11 is 5.91. The van der Waals surface area contributed by atoms with E-state index in [1.807, 2.05) is 0 Å². The second-order valence-corrected chi connectivity index (χ2v) is 4.34. The number of aryl methyl sites for hydroxylation is 1. The third kappa shape index (κ3) is 2.91. The number of aromatic carboxylic acids is 1. The number of carboxylic acids is 1. The summed E-state index contributed by atoms with van der Waals surface area (Å²) in [6.07, 6.45) is 0.468. The van der Waals surface area contributed by atoms with Crippen LogP contribution in [0, 0.1) is 0 Å². The number of hydrogen-bond acceptors (Lipinski definition) is 4. The molecule has 1 aromatic carbocycles. The fraction of sp³-hybridized carbons (Fsp3) is 0.250. The zero-order valence-electron chi connectivity index (χ0n) is 9.95. The summed E-state index contributed by atoms with van der Waals surface area (Å²) in [5.41, 5.74) is 0.900. The van der Waals surface area contributed by atoms with Gasteiger partial charge in [-0.1, -0.05) is 28.9 Å². The summed E-state index contributed by atoms with van der Waals surface area (Å²) in [4.78, 5) is 11.2. The van der Waals surface area contributed by atoms with Crippen molar-refractivity contribution in [3.8, 4) is 11.3 Å². The smallest absolute Gasteiger partial charge is 0.358 e. The lowest BCUT2D eigenvalue weighted by atomic mass is 10.1. The molecule has 1 heterocycles. The molecule has 6 nitrogen and oxygen atoms in total. The predicted molar refractivity (Wildman–Crippen MR) is 69.1 cm³/mol. The Bertz CT molecular complexity index is 598. The van der Waals surface area contributed by atoms with E-state index in [0.717, 1.165) is 0 Å². The summed E-state index contributed by atoms with van der Waals surface area (Å²) in [6, 6.07) is 6.83. The van der Waals surface area contributed by atoms with E-state index in [2.05, 4.69) is 10.3 Å². The molecule has 2 rings (SSSR count). The number of nitrogens with zero attached hydrogens (tertiary/aromatic N) is 3. The molecule has 0 saturated heterocycles. The molecule has 1 aromatic heterocycles. The topological polar surface area (TPSA) is 88.2 Å². The average Bonchev–Trinajstić information content (AvgIpc) is 2.80. The third-order valence-electron chi connectivity index (χ3n) is 2.56. The van der Waals surface area contributed by atoms with Crippen LogP contribution in [0.25, 0.3) is 11.3 Å². The van der Waals surface area contributed by atoms with Gasteiger partial charge in [-0.2, -0.15) is 0 Å². The Morgan fingerprint density at radius 2 is 2.21 bits per heavy atom. The molecule has 0 spiro atoms. The van der Waals surface area contributed by atoms with Crippen LogP contribution >= 0.6 is 11.6 Å². The van der Waals surface area contributed by atoms with Crippen LogP contribution in [0.3, 0.4) is 0 Å². The van der Waals surface area contributed by atoms with Gasteiger partial charge < -0.3 is 10.2 Å². The van der Waals surface area contributed by atoms with Crippen molar-refractivity contribution in [1.82, 2.24) is 15.0 Å². The Morgan fingerprint density at radius 1 is 1.42 bits per heavy atom. The van der Waals surface area contributed by atoms with Crippen molar-refractivity contribution in [1.29, 1.82) is 0 Å². The number of aromatic nitrogens is 3. The molecule has 100 valence electrons. The lowest BCUT2D eigenvalue weighted by molar-refractivity contribution is 0.0691. The maximum Gasteiger partial charge on any atom is 0.358 e. The normalized spacial score (nSPS) is 10.6. The number of rotatable bonds is 5. The number of carbonyl (C=O) groups is 1. The number of aliphatic hydroxyl groups excluding tert-OH is 1. The van der Waals surface area contributed by atoms with Gasteiger partial charge in [0.15, 0.2) is 5.69 Å². The number of aliphatic hydroxyl groups is 1. The second kappa shape index (κ2) is 5.81. The van der Waals surface area contributed by atoms with E-state index in [9.17, 15) is 4.79 Å². The van der Waals surface area contributed by atoms with E-state index in [4.69, 9.17) is 21.8 Å². The molecule has 0 aliphatic carbocycles. The first-order valence-electron chi connectivity index (χ1n) is 5.67. The minimum atomic E-state index is -1.15. The molecule has 0 aliphatic rings. The van der Waals surface area contributed by atoms with E-state index in [0.29, 0.717) is 29.2 Å². The van der Waals surface area contributed by atoms with Crippen LogP contribution in [0.4, 0.5) is 0 Å². The van der Waals surface area contributed by atoms with Gasteiger partial charge in [0.1, 0.15) is 5.69 Å². The van der Waals surface area contributed by atoms with Gasteiger partial charge in [-0.25, -0.2) is 9.48 Å². The van der Waals surface area contributed by atoms with Crippen LogP contribution in [-0.4, -0.2) is 37.8 Å². The van der Waals surface area contributed by atoms with Crippen molar-refractivity contribution >= 4 is 17.6 Å². The minimum absolute atomic E-state index is 0.00273. The first kappa shape index (κ1) is 13.5. The van der Waals surface area contributed by atoms with Gasteiger partial charge >= 0.3 is 5.97 Å². The predicted octanol–water partition coefficient (Wildman–Crippen LogP) is 1.68. The Labute approximate surface area is 114 Å². The monoisotopic (exact) mass is 281 g/mol. The summed E-state index contributed by atoms with van der Waals surface area (Å²) in [5, 5.41) is 26.0. The van der Waals surface area contributed by atoms with Gasteiger partial charge in [-0.15, -0.1) is 5.10 Å². The van der Waals surface area contributed by atoms with E-state index < -0.39 is 5.97 Å². The van der Waals surface area contributed by atoms with Crippen LogP contribution in [0.15, 0.2) is 24.3 Å². The molecule has 7 heteroatoms. The zero-order valence-corrected chi connectivity index (χ0v) is 10.7. The van der Waals surface area contributed by atoms with Crippen molar-refractivity contribution in [2.24, 2.45) is 0 Å². The van der Waals surface area contributed by atoms with Crippen molar-refractivity contribution in [2.45, 2.75) is 13.0 Å². The van der Waals surface area contributed by atoms with Gasteiger partial charge in [0.05, 0.1) is 0 Å². The van der Waals surface area contributed by atoms with E-state index in [1.165, 1.54) is 4.68 Å². The van der Waals surface area contributed by atoms with Crippen molar-refractivity contribution < 1.29 is 15.0 Å². The fourth-order valence-electron chi connectivity index (χ4n) is 1.76. The largest absolute Gasteiger partial charge is 0.476 e.